The van der Waals surface area contributed by atoms with Crippen LogP contribution >= 0.6 is 0 Å². The second-order valence-corrected chi connectivity index (χ2v) is 15.1. The summed E-state index contributed by atoms with van der Waals surface area (Å²) >= 11 is 0. The van der Waals surface area contributed by atoms with Gasteiger partial charge in [-0.05, 0) is 77.4 Å². The number of benzene rings is 2. The van der Waals surface area contributed by atoms with Crippen molar-refractivity contribution < 1.29 is 39.2 Å². The number of hydrogen-bond acceptors (Lipinski definition) is 5. The van der Waals surface area contributed by atoms with E-state index in [9.17, 15) is 39.2 Å². The van der Waals surface area contributed by atoms with Gasteiger partial charge in [0.15, 0.2) is 19.7 Å². The molecule has 2 aromatic carbocycles. The lowest BCUT2D eigenvalue weighted by molar-refractivity contribution is -0.137. The molecule has 200 valence electrons. The SMILES string of the molecule is CC(C)(F)c1cccc(S(=O)(=O)C(C)(C)CNC(=O)C(C)(C)S(=O)(=O)c2cccc(C(F)(F)F)c2)c1. The minimum absolute atomic E-state index is 0.136. The van der Waals surface area contributed by atoms with E-state index in [0.29, 0.717) is 12.1 Å². The van der Waals surface area contributed by atoms with Crippen molar-refractivity contribution in [1.82, 2.24) is 5.32 Å². The fourth-order valence-corrected chi connectivity index (χ4v) is 6.09. The highest BCUT2D eigenvalue weighted by Gasteiger charge is 2.45. The number of halogens is 4. The van der Waals surface area contributed by atoms with Crippen LogP contribution in [0.15, 0.2) is 58.3 Å². The van der Waals surface area contributed by atoms with Gasteiger partial charge in [0.25, 0.3) is 0 Å². The standard InChI is InChI=1S/C24H29F4NO5S2/c1-21(2,35(31,32)18-11-7-9-16(13-18)22(3,4)25)15-29-20(30)23(5,6)36(33,34)19-12-8-10-17(14-19)24(26,27)28/h7-14H,15H2,1-6H3,(H,29,30). The lowest BCUT2D eigenvalue weighted by atomic mass is 10.0. The maximum atomic E-state index is 14.3. The van der Waals surface area contributed by atoms with E-state index < -0.39 is 63.9 Å². The molecular weight excluding hydrogens is 522 g/mol. The highest BCUT2D eigenvalue weighted by Crippen LogP contribution is 2.34. The van der Waals surface area contributed by atoms with Gasteiger partial charge in [0.2, 0.25) is 5.91 Å². The second kappa shape index (κ2) is 9.44. The van der Waals surface area contributed by atoms with Crippen molar-refractivity contribution in [2.24, 2.45) is 0 Å². The molecule has 1 N–H and O–H groups in total. The summed E-state index contributed by atoms with van der Waals surface area (Å²) in [5, 5.41) is 2.31. The highest BCUT2D eigenvalue weighted by molar-refractivity contribution is 7.93. The molecular formula is C24H29F4NO5S2. The van der Waals surface area contributed by atoms with Crippen LogP contribution in [-0.4, -0.2) is 38.8 Å². The Hall–Kier alpha value is -2.47. The van der Waals surface area contributed by atoms with Gasteiger partial charge in [0, 0.05) is 6.54 Å². The van der Waals surface area contributed by atoms with Crippen molar-refractivity contribution in [2.45, 2.75) is 72.7 Å². The minimum Gasteiger partial charge on any atom is -0.353 e. The van der Waals surface area contributed by atoms with E-state index in [1.807, 2.05) is 0 Å². The number of alkyl halides is 4. The third kappa shape index (κ3) is 5.74. The van der Waals surface area contributed by atoms with Crippen LogP contribution in [0.25, 0.3) is 0 Å². The van der Waals surface area contributed by atoms with Gasteiger partial charge in [-0.2, -0.15) is 13.2 Å². The smallest absolute Gasteiger partial charge is 0.353 e. The van der Waals surface area contributed by atoms with Crippen LogP contribution in [-0.2, 0) is 36.3 Å². The molecule has 0 radical (unpaired) electrons. The van der Waals surface area contributed by atoms with Crippen molar-refractivity contribution in [3.63, 3.8) is 0 Å². The number of amides is 1. The highest BCUT2D eigenvalue weighted by atomic mass is 32.2. The first-order chi connectivity index (χ1) is 16.0. The topological polar surface area (TPSA) is 97.4 Å². The van der Waals surface area contributed by atoms with E-state index in [4.69, 9.17) is 0 Å². The third-order valence-corrected chi connectivity index (χ3v) is 10.8. The normalized spacial score (nSPS) is 13.9. The van der Waals surface area contributed by atoms with Gasteiger partial charge >= 0.3 is 6.18 Å². The number of carbonyl (C=O) groups is 1. The van der Waals surface area contributed by atoms with Crippen LogP contribution in [0.2, 0.25) is 0 Å². The molecule has 12 heteroatoms. The van der Waals surface area contributed by atoms with Crippen LogP contribution in [0.3, 0.4) is 0 Å². The summed E-state index contributed by atoms with van der Waals surface area (Å²) in [6.45, 7) is 6.69. The Kier molecular flexibility index (Phi) is 7.80. The molecule has 0 aromatic heterocycles. The summed E-state index contributed by atoms with van der Waals surface area (Å²) in [5.74, 6) is -1.10. The molecule has 0 aliphatic heterocycles. The zero-order valence-electron chi connectivity index (χ0n) is 20.7. The Balaban J connectivity index is 2.32. The fourth-order valence-electron chi connectivity index (χ4n) is 3.21. The van der Waals surface area contributed by atoms with Gasteiger partial charge in [0.05, 0.1) is 20.1 Å². The van der Waals surface area contributed by atoms with Gasteiger partial charge in [0.1, 0.15) is 10.4 Å². The van der Waals surface area contributed by atoms with Crippen LogP contribution in [0.5, 0.6) is 0 Å². The predicted molar refractivity (Wildman–Crippen MR) is 128 cm³/mol. The van der Waals surface area contributed by atoms with Crippen molar-refractivity contribution >= 4 is 25.6 Å². The first kappa shape index (κ1) is 29.8. The van der Waals surface area contributed by atoms with Crippen molar-refractivity contribution in [3.05, 3.63) is 59.7 Å². The molecule has 0 spiro atoms. The third-order valence-electron chi connectivity index (χ3n) is 5.92. The molecule has 0 heterocycles. The quantitative estimate of drug-likeness (QED) is 0.474. The predicted octanol–water partition coefficient (Wildman–Crippen LogP) is 4.83. The minimum atomic E-state index is -4.79. The lowest BCUT2D eigenvalue weighted by Crippen LogP contribution is -2.52. The van der Waals surface area contributed by atoms with Crippen molar-refractivity contribution in [1.29, 1.82) is 0 Å². The molecule has 0 atom stereocenters. The van der Waals surface area contributed by atoms with Gasteiger partial charge in [-0.1, -0.05) is 18.2 Å². The van der Waals surface area contributed by atoms with Gasteiger partial charge < -0.3 is 5.32 Å². The summed E-state index contributed by atoms with van der Waals surface area (Å²) in [4.78, 5) is 12.0. The Morgan fingerprint density at radius 2 is 1.19 bits per heavy atom. The average Bonchev–Trinajstić information content (AvgIpc) is 2.76. The Morgan fingerprint density at radius 3 is 1.67 bits per heavy atom. The van der Waals surface area contributed by atoms with Gasteiger partial charge in [-0.25, -0.2) is 21.2 Å². The van der Waals surface area contributed by atoms with E-state index in [1.165, 1.54) is 52.0 Å². The van der Waals surface area contributed by atoms with Crippen LogP contribution in [0.4, 0.5) is 17.6 Å². The van der Waals surface area contributed by atoms with E-state index in [1.54, 1.807) is 0 Å². The molecule has 0 aliphatic rings. The Bertz CT molecular complexity index is 1360. The molecule has 0 saturated heterocycles. The number of rotatable bonds is 8. The van der Waals surface area contributed by atoms with Gasteiger partial charge in [-0.3, -0.25) is 4.79 Å². The zero-order valence-corrected chi connectivity index (χ0v) is 22.3. The molecule has 0 bridgehead atoms. The van der Waals surface area contributed by atoms with E-state index in [2.05, 4.69) is 5.32 Å². The monoisotopic (exact) mass is 551 g/mol. The number of hydrogen-bond donors (Lipinski definition) is 1. The van der Waals surface area contributed by atoms with Crippen molar-refractivity contribution in [2.75, 3.05) is 6.54 Å². The number of carbonyl (C=O) groups excluding carboxylic acids is 1. The maximum Gasteiger partial charge on any atom is 0.416 e. The fraction of sp³-hybridized carbons (Fsp3) is 0.458. The van der Waals surface area contributed by atoms with Gasteiger partial charge in [-0.15, -0.1) is 0 Å². The molecule has 36 heavy (non-hydrogen) atoms. The average molecular weight is 552 g/mol. The Morgan fingerprint density at radius 1 is 0.750 bits per heavy atom. The van der Waals surface area contributed by atoms with E-state index >= 15 is 0 Å². The first-order valence-corrected chi connectivity index (χ1v) is 13.8. The second-order valence-electron chi connectivity index (χ2n) is 9.99. The Labute approximate surface area is 208 Å². The molecule has 0 aliphatic carbocycles. The zero-order chi connectivity index (χ0) is 28.0. The molecule has 2 rings (SSSR count). The maximum absolute atomic E-state index is 14.3. The molecule has 1 amide bonds. The molecule has 2 aromatic rings. The van der Waals surface area contributed by atoms with Crippen LogP contribution in [0.1, 0.15) is 52.7 Å². The first-order valence-electron chi connectivity index (χ1n) is 10.8. The molecule has 0 fully saturated rings. The summed E-state index contributed by atoms with van der Waals surface area (Å²) < 4.78 is 102. The largest absolute Gasteiger partial charge is 0.416 e. The van der Waals surface area contributed by atoms with Crippen LogP contribution < -0.4 is 5.32 Å². The number of nitrogens with one attached hydrogen (secondary N) is 1. The van der Waals surface area contributed by atoms with E-state index in [0.717, 1.165) is 26.0 Å². The summed E-state index contributed by atoms with van der Waals surface area (Å²) in [7, 11) is -8.73. The van der Waals surface area contributed by atoms with Crippen LogP contribution in [0, 0.1) is 0 Å². The molecule has 6 nitrogen and oxygen atoms in total. The number of sulfone groups is 2. The summed E-state index contributed by atoms with van der Waals surface area (Å²) in [6.07, 6.45) is -4.79. The molecule has 0 saturated carbocycles. The summed E-state index contributed by atoms with van der Waals surface area (Å²) in [5.41, 5.74) is -2.85. The lowest BCUT2D eigenvalue weighted by Gasteiger charge is -2.29. The molecule has 0 unspecified atom stereocenters. The van der Waals surface area contributed by atoms with Crippen molar-refractivity contribution in [3.8, 4) is 0 Å². The summed E-state index contributed by atoms with van der Waals surface area (Å²) in [6, 6.07) is 8.34. The van der Waals surface area contributed by atoms with E-state index in [-0.39, 0.29) is 10.5 Å².